The minimum Gasteiger partial charge on any atom is -0.271 e. The topological polar surface area (TPSA) is 38.0 Å². The van der Waals surface area contributed by atoms with E-state index in [2.05, 4.69) is 12.3 Å². The van der Waals surface area contributed by atoms with Crippen LogP contribution in [0.25, 0.3) is 0 Å². The van der Waals surface area contributed by atoms with Gasteiger partial charge in [0.2, 0.25) is 0 Å². The van der Waals surface area contributed by atoms with Crippen molar-refractivity contribution in [1.29, 1.82) is 0 Å². The molecule has 0 bridgehead atoms. The molecule has 0 saturated heterocycles. The molecule has 0 spiro atoms. The first kappa shape index (κ1) is 9.21. The molecular weight excluding hydrogens is 136 g/mol. The van der Waals surface area contributed by atoms with Gasteiger partial charge in [-0.2, -0.15) is 0 Å². The van der Waals surface area contributed by atoms with Crippen LogP contribution in [0.15, 0.2) is 0 Å². The number of rotatable bonds is 2. The Kier molecular flexibility index (Phi) is 4.19. The highest BCUT2D eigenvalue weighted by Gasteiger charge is 2.23. The maximum atomic E-state index is 5.13. The lowest BCUT2D eigenvalue weighted by Crippen LogP contribution is -2.35. The summed E-state index contributed by atoms with van der Waals surface area (Å²) in [4.78, 5) is 0. The molecule has 1 aliphatic rings. The predicted octanol–water partition coefficient (Wildman–Crippen LogP) is 0.918. The third kappa shape index (κ3) is 2.52. The first-order valence-corrected chi connectivity index (χ1v) is 3.26. The van der Waals surface area contributed by atoms with Crippen LogP contribution in [-0.2, 0) is 0 Å². The molecule has 0 unspecified atom stereocenters. The van der Waals surface area contributed by atoms with Gasteiger partial charge in [0.25, 0.3) is 0 Å². The third-order valence-electron chi connectivity index (χ3n) is 1.88. The summed E-state index contributed by atoms with van der Waals surface area (Å²) in [5, 5.41) is 0. The fourth-order valence-electron chi connectivity index (χ4n) is 1.40. The maximum absolute atomic E-state index is 5.13. The number of hydrogen-bond donors (Lipinski definition) is 2. The molecule has 2 nitrogen and oxygen atoms in total. The minimum absolute atomic E-state index is 0. The van der Waals surface area contributed by atoms with Gasteiger partial charge in [-0.1, -0.05) is 6.92 Å². The zero-order valence-corrected chi connectivity index (χ0v) is 6.58. The lowest BCUT2D eigenvalue weighted by atomic mass is 9.76. The lowest BCUT2D eigenvalue weighted by Gasteiger charge is -2.32. The van der Waals surface area contributed by atoms with E-state index >= 15 is 0 Å². The second-order valence-electron chi connectivity index (χ2n) is 2.85. The Morgan fingerprint density at radius 2 is 2.11 bits per heavy atom. The van der Waals surface area contributed by atoms with E-state index in [-0.39, 0.29) is 12.4 Å². The molecule has 0 atom stereocenters. The fourth-order valence-corrected chi connectivity index (χ4v) is 1.40. The molecule has 3 heteroatoms. The SMILES string of the molecule is CC1CC(CNN)C1.Cl. The first-order valence-electron chi connectivity index (χ1n) is 3.26. The molecule has 0 amide bonds. The van der Waals surface area contributed by atoms with Crippen molar-refractivity contribution < 1.29 is 0 Å². The van der Waals surface area contributed by atoms with Crippen LogP contribution < -0.4 is 11.3 Å². The summed E-state index contributed by atoms with van der Waals surface area (Å²) in [5.41, 5.74) is 2.69. The number of nitrogens with one attached hydrogen (secondary N) is 1. The molecule has 0 heterocycles. The van der Waals surface area contributed by atoms with E-state index in [1.807, 2.05) is 0 Å². The van der Waals surface area contributed by atoms with Crippen LogP contribution in [0.1, 0.15) is 19.8 Å². The molecule has 9 heavy (non-hydrogen) atoms. The van der Waals surface area contributed by atoms with E-state index in [1.165, 1.54) is 12.8 Å². The van der Waals surface area contributed by atoms with Crippen molar-refractivity contribution in [3.63, 3.8) is 0 Å². The lowest BCUT2D eigenvalue weighted by molar-refractivity contribution is 0.207. The average molecular weight is 151 g/mol. The van der Waals surface area contributed by atoms with Gasteiger partial charge in [0, 0.05) is 6.54 Å². The molecule has 1 aliphatic carbocycles. The van der Waals surface area contributed by atoms with E-state index in [0.29, 0.717) is 0 Å². The van der Waals surface area contributed by atoms with Gasteiger partial charge >= 0.3 is 0 Å². The van der Waals surface area contributed by atoms with E-state index in [1.54, 1.807) is 0 Å². The van der Waals surface area contributed by atoms with Crippen LogP contribution >= 0.6 is 12.4 Å². The van der Waals surface area contributed by atoms with E-state index in [0.717, 1.165) is 18.4 Å². The second-order valence-corrected chi connectivity index (χ2v) is 2.85. The second kappa shape index (κ2) is 4.09. The Balaban J connectivity index is 0.000000640. The molecule has 0 aliphatic heterocycles. The van der Waals surface area contributed by atoms with Crippen LogP contribution in [0.2, 0.25) is 0 Å². The number of nitrogens with two attached hydrogens (primary N) is 1. The summed E-state index contributed by atoms with van der Waals surface area (Å²) in [5.74, 6) is 6.96. The fraction of sp³-hybridized carbons (Fsp3) is 1.00. The quantitative estimate of drug-likeness (QED) is 0.454. The Labute approximate surface area is 62.6 Å². The van der Waals surface area contributed by atoms with Crippen molar-refractivity contribution in [2.45, 2.75) is 19.8 Å². The highest BCUT2D eigenvalue weighted by Crippen LogP contribution is 2.31. The molecular formula is C6H15ClN2. The normalized spacial score (nSPS) is 32.7. The molecule has 0 aromatic carbocycles. The third-order valence-corrected chi connectivity index (χ3v) is 1.88. The molecule has 3 N–H and O–H groups in total. The zero-order chi connectivity index (χ0) is 5.98. The average Bonchev–Trinajstić information content (AvgIpc) is 1.64. The van der Waals surface area contributed by atoms with Crippen molar-refractivity contribution in [1.82, 2.24) is 5.43 Å². The van der Waals surface area contributed by atoms with Gasteiger partial charge in [-0.25, -0.2) is 0 Å². The Morgan fingerprint density at radius 1 is 1.56 bits per heavy atom. The van der Waals surface area contributed by atoms with Gasteiger partial charge in [-0.05, 0) is 24.7 Å². The summed E-state index contributed by atoms with van der Waals surface area (Å²) < 4.78 is 0. The van der Waals surface area contributed by atoms with Crippen LogP contribution in [0.5, 0.6) is 0 Å². The smallest absolute Gasteiger partial charge is 0.0126 e. The number of hydrazine groups is 1. The maximum Gasteiger partial charge on any atom is 0.0126 e. The summed E-state index contributed by atoms with van der Waals surface area (Å²) in [6.07, 6.45) is 2.73. The van der Waals surface area contributed by atoms with Gasteiger partial charge in [-0.15, -0.1) is 12.4 Å². The van der Waals surface area contributed by atoms with Crippen molar-refractivity contribution in [2.24, 2.45) is 17.7 Å². The van der Waals surface area contributed by atoms with Gasteiger partial charge in [0.05, 0.1) is 0 Å². The zero-order valence-electron chi connectivity index (χ0n) is 5.76. The molecule has 0 aromatic heterocycles. The molecule has 0 aromatic rings. The van der Waals surface area contributed by atoms with Crippen molar-refractivity contribution >= 4 is 12.4 Å². The van der Waals surface area contributed by atoms with Crippen LogP contribution in [-0.4, -0.2) is 6.54 Å². The van der Waals surface area contributed by atoms with Gasteiger partial charge in [0.1, 0.15) is 0 Å². The Hall–Kier alpha value is 0.210. The predicted molar refractivity (Wildman–Crippen MR) is 41.3 cm³/mol. The molecule has 0 radical (unpaired) electrons. The van der Waals surface area contributed by atoms with Crippen molar-refractivity contribution in [3.05, 3.63) is 0 Å². The first-order chi connectivity index (χ1) is 3.83. The molecule has 1 rings (SSSR count). The molecule has 1 saturated carbocycles. The van der Waals surface area contributed by atoms with E-state index in [9.17, 15) is 0 Å². The Bertz CT molecular complexity index is 68.7. The van der Waals surface area contributed by atoms with Crippen LogP contribution in [0, 0.1) is 11.8 Å². The summed E-state index contributed by atoms with van der Waals surface area (Å²) in [6.45, 7) is 3.29. The van der Waals surface area contributed by atoms with Gasteiger partial charge < -0.3 is 0 Å². The monoisotopic (exact) mass is 150 g/mol. The summed E-state index contributed by atoms with van der Waals surface area (Å²) >= 11 is 0. The largest absolute Gasteiger partial charge is 0.271 e. The Morgan fingerprint density at radius 3 is 2.44 bits per heavy atom. The van der Waals surface area contributed by atoms with Crippen molar-refractivity contribution in [3.8, 4) is 0 Å². The molecule has 56 valence electrons. The highest BCUT2D eigenvalue weighted by molar-refractivity contribution is 5.85. The van der Waals surface area contributed by atoms with Crippen LogP contribution in [0.3, 0.4) is 0 Å². The highest BCUT2D eigenvalue weighted by atomic mass is 35.5. The van der Waals surface area contributed by atoms with E-state index in [4.69, 9.17) is 5.84 Å². The number of halogens is 1. The number of hydrogen-bond acceptors (Lipinski definition) is 2. The van der Waals surface area contributed by atoms with Gasteiger partial charge in [0.15, 0.2) is 0 Å². The van der Waals surface area contributed by atoms with E-state index < -0.39 is 0 Å². The molecule has 1 fully saturated rings. The standard InChI is InChI=1S/C6H14N2.ClH/c1-5-2-6(3-5)4-8-7;/h5-6,8H,2-4,7H2,1H3;1H. The minimum atomic E-state index is 0. The summed E-state index contributed by atoms with van der Waals surface area (Å²) in [6, 6.07) is 0. The van der Waals surface area contributed by atoms with Crippen LogP contribution in [0.4, 0.5) is 0 Å². The summed E-state index contributed by atoms with van der Waals surface area (Å²) in [7, 11) is 0. The van der Waals surface area contributed by atoms with Crippen molar-refractivity contribution in [2.75, 3.05) is 6.54 Å². The van der Waals surface area contributed by atoms with Gasteiger partial charge in [-0.3, -0.25) is 11.3 Å².